The number of nitrogens with two attached hydrogens (primary N) is 1. The van der Waals surface area contributed by atoms with Crippen molar-refractivity contribution in [3.05, 3.63) is 23.3 Å². The number of hydrogen-bond acceptors (Lipinski definition) is 3. The Kier molecular flexibility index (Phi) is 1.80. The molecule has 0 spiro atoms. The van der Waals surface area contributed by atoms with Gasteiger partial charge >= 0.3 is 0 Å². The zero-order chi connectivity index (χ0) is 9.54. The minimum Gasteiger partial charge on any atom is -0.326 e. The van der Waals surface area contributed by atoms with Gasteiger partial charge in [0.25, 0.3) is 0 Å². The fourth-order valence-corrected chi connectivity index (χ4v) is 1.84. The van der Waals surface area contributed by atoms with Crippen LogP contribution in [0.2, 0.25) is 0 Å². The summed E-state index contributed by atoms with van der Waals surface area (Å²) in [4.78, 5) is 9.07. The van der Waals surface area contributed by atoms with E-state index in [0.717, 1.165) is 11.4 Å². The van der Waals surface area contributed by atoms with Crippen molar-refractivity contribution < 1.29 is 0 Å². The number of rotatable bonds is 3. The normalized spacial score (nSPS) is 21.2. The van der Waals surface area contributed by atoms with E-state index in [-0.39, 0.29) is 0 Å². The highest BCUT2D eigenvalue weighted by Crippen LogP contribution is 2.43. The standard InChI is InChI=1S/C11H15N3/c12-5-9-6-13-11(8-3-4-8)14-10(9)7-1-2-7/h6-8H,1-5,12H2. The van der Waals surface area contributed by atoms with Crippen LogP contribution in [-0.4, -0.2) is 9.97 Å². The molecule has 74 valence electrons. The molecule has 0 bridgehead atoms. The first-order valence-corrected chi connectivity index (χ1v) is 5.44. The second-order valence-electron chi connectivity index (χ2n) is 4.39. The Labute approximate surface area is 83.8 Å². The molecule has 2 aliphatic rings. The van der Waals surface area contributed by atoms with Crippen LogP contribution < -0.4 is 5.73 Å². The van der Waals surface area contributed by atoms with E-state index in [4.69, 9.17) is 5.73 Å². The van der Waals surface area contributed by atoms with Gasteiger partial charge in [0.15, 0.2) is 0 Å². The second-order valence-corrected chi connectivity index (χ2v) is 4.39. The first-order chi connectivity index (χ1) is 6.88. The summed E-state index contributed by atoms with van der Waals surface area (Å²) < 4.78 is 0. The smallest absolute Gasteiger partial charge is 0.131 e. The highest BCUT2D eigenvalue weighted by Gasteiger charge is 2.31. The van der Waals surface area contributed by atoms with Crippen LogP contribution in [0.5, 0.6) is 0 Å². The third kappa shape index (κ3) is 1.42. The minimum atomic E-state index is 0.580. The van der Waals surface area contributed by atoms with Crippen molar-refractivity contribution in [2.45, 2.75) is 44.1 Å². The Morgan fingerprint density at radius 2 is 1.93 bits per heavy atom. The number of nitrogens with zero attached hydrogens (tertiary/aromatic N) is 2. The monoisotopic (exact) mass is 189 g/mol. The quantitative estimate of drug-likeness (QED) is 0.787. The molecule has 0 aromatic carbocycles. The van der Waals surface area contributed by atoms with Crippen molar-refractivity contribution >= 4 is 0 Å². The van der Waals surface area contributed by atoms with Crippen LogP contribution >= 0.6 is 0 Å². The Hall–Kier alpha value is -0.960. The summed E-state index contributed by atoms with van der Waals surface area (Å²) in [5.41, 5.74) is 8.07. The fraction of sp³-hybridized carbons (Fsp3) is 0.636. The van der Waals surface area contributed by atoms with Gasteiger partial charge < -0.3 is 5.73 Å². The molecule has 0 unspecified atom stereocenters. The van der Waals surface area contributed by atoms with Crippen molar-refractivity contribution in [1.82, 2.24) is 9.97 Å². The molecule has 1 aromatic rings. The SMILES string of the molecule is NCc1cnc(C2CC2)nc1C1CC1. The lowest BCUT2D eigenvalue weighted by Gasteiger charge is -2.06. The molecule has 2 fully saturated rings. The first-order valence-electron chi connectivity index (χ1n) is 5.44. The molecule has 0 aliphatic heterocycles. The first kappa shape index (κ1) is 8.36. The Morgan fingerprint density at radius 3 is 2.50 bits per heavy atom. The molecule has 2 aliphatic carbocycles. The molecule has 2 N–H and O–H groups in total. The summed E-state index contributed by atoms with van der Waals surface area (Å²) in [6.45, 7) is 0.580. The summed E-state index contributed by atoms with van der Waals surface area (Å²) in [5.74, 6) is 2.40. The lowest BCUT2D eigenvalue weighted by Crippen LogP contribution is -2.06. The van der Waals surface area contributed by atoms with Crippen molar-refractivity contribution in [2.75, 3.05) is 0 Å². The van der Waals surface area contributed by atoms with Crippen LogP contribution in [0, 0.1) is 0 Å². The van der Waals surface area contributed by atoms with Gasteiger partial charge in [-0.25, -0.2) is 9.97 Å². The van der Waals surface area contributed by atoms with E-state index >= 15 is 0 Å². The van der Waals surface area contributed by atoms with Crippen LogP contribution in [-0.2, 0) is 6.54 Å². The molecule has 3 heteroatoms. The summed E-state index contributed by atoms with van der Waals surface area (Å²) in [6.07, 6.45) is 7.05. The number of hydrogen-bond donors (Lipinski definition) is 1. The zero-order valence-corrected chi connectivity index (χ0v) is 8.24. The molecule has 1 aromatic heterocycles. The van der Waals surface area contributed by atoms with E-state index in [1.807, 2.05) is 6.20 Å². The molecule has 0 atom stereocenters. The highest BCUT2D eigenvalue weighted by molar-refractivity contribution is 5.26. The Balaban J connectivity index is 1.98. The topological polar surface area (TPSA) is 51.8 Å². The maximum absolute atomic E-state index is 5.68. The van der Waals surface area contributed by atoms with Gasteiger partial charge in [-0.2, -0.15) is 0 Å². The zero-order valence-electron chi connectivity index (χ0n) is 8.24. The summed E-state index contributed by atoms with van der Waals surface area (Å²) in [6, 6.07) is 0. The van der Waals surface area contributed by atoms with Gasteiger partial charge in [-0.15, -0.1) is 0 Å². The van der Waals surface area contributed by atoms with Gasteiger partial charge in [0.1, 0.15) is 5.82 Å². The van der Waals surface area contributed by atoms with Gasteiger partial charge in [-0.3, -0.25) is 0 Å². The molecule has 1 heterocycles. The van der Waals surface area contributed by atoms with Crippen molar-refractivity contribution in [2.24, 2.45) is 5.73 Å². The van der Waals surface area contributed by atoms with E-state index < -0.39 is 0 Å². The minimum absolute atomic E-state index is 0.580. The molecule has 0 amide bonds. The summed E-state index contributed by atoms with van der Waals surface area (Å²) in [5, 5.41) is 0. The maximum Gasteiger partial charge on any atom is 0.131 e. The van der Waals surface area contributed by atoms with Crippen LogP contribution in [0.3, 0.4) is 0 Å². The van der Waals surface area contributed by atoms with E-state index in [2.05, 4.69) is 9.97 Å². The molecular formula is C11H15N3. The van der Waals surface area contributed by atoms with Gasteiger partial charge in [0, 0.05) is 30.1 Å². The average Bonchev–Trinajstić information content (AvgIpc) is 3.05. The third-order valence-corrected chi connectivity index (χ3v) is 3.04. The molecular weight excluding hydrogens is 174 g/mol. The van der Waals surface area contributed by atoms with E-state index in [9.17, 15) is 0 Å². The van der Waals surface area contributed by atoms with Gasteiger partial charge in [0.2, 0.25) is 0 Å². The van der Waals surface area contributed by atoms with Crippen molar-refractivity contribution in [3.63, 3.8) is 0 Å². The summed E-state index contributed by atoms with van der Waals surface area (Å²) in [7, 11) is 0. The summed E-state index contributed by atoms with van der Waals surface area (Å²) >= 11 is 0. The van der Waals surface area contributed by atoms with Crippen molar-refractivity contribution in [3.8, 4) is 0 Å². The lowest BCUT2D eigenvalue weighted by atomic mass is 10.1. The predicted octanol–water partition coefficient (Wildman–Crippen LogP) is 1.69. The molecule has 0 radical (unpaired) electrons. The largest absolute Gasteiger partial charge is 0.326 e. The van der Waals surface area contributed by atoms with E-state index in [1.54, 1.807) is 0 Å². The van der Waals surface area contributed by atoms with Gasteiger partial charge in [0.05, 0.1) is 5.69 Å². The van der Waals surface area contributed by atoms with E-state index in [1.165, 1.54) is 31.4 Å². The van der Waals surface area contributed by atoms with Crippen molar-refractivity contribution in [1.29, 1.82) is 0 Å². The number of aromatic nitrogens is 2. The van der Waals surface area contributed by atoms with Gasteiger partial charge in [-0.05, 0) is 25.7 Å². The Morgan fingerprint density at radius 1 is 1.21 bits per heavy atom. The molecule has 14 heavy (non-hydrogen) atoms. The highest BCUT2D eigenvalue weighted by atomic mass is 14.9. The lowest BCUT2D eigenvalue weighted by molar-refractivity contribution is 0.835. The van der Waals surface area contributed by atoms with Gasteiger partial charge in [-0.1, -0.05) is 0 Å². The predicted molar refractivity (Wildman–Crippen MR) is 53.9 cm³/mol. The van der Waals surface area contributed by atoms with Crippen LogP contribution in [0.4, 0.5) is 0 Å². The molecule has 2 saturated carbocycles. The molecule has 3 rings (SSSR count). The van der Waals surface area contributed by atoms with Crippen LogP contribution in [0.1, 0.15) is 54.6 Å². The fourth-order valence-electron chi connectivity index (χ4n) is 1.84. The molecule has 3 nitrogen and oxygen atoms in total. The Bertz CT molecular complexity index is 354. The second kappa shape index (κ2) is 3.02. The van der Waals surface area contributed by atoms with E-state index in [0.29, 0.717) is 18.4 Å². The van der Waals surface area contributed by atoms with Crippen LogP contribution in [0.15, 0.2) is 6.20 Å². The van der Waals surface area contributed by atoms with Crippen LogP contribution in [0.25, 0.3) is 0 Å². The molecule has 0 saturated heterocycles. The third-order valence-electron chi connectivity index (χ3n) is 3.04. The maximum atomic E-state index is 5.68. The average molecular weight is 189 g/mol.